The fourth-order valence-electron chi connectivity index (χ4n) is 1.65. The maximum Gasteiger partial charge on any atom is 0.119 e. The Hall–Kier alpha value is -1.50. The Kier molecular flexibility index (Phi) is 2.40. The van der Waals surface area contributed by atoms with Gasteiger partial charge in [0.1, 0.15) is 5.75 Å². The Morgan fingerprint density at radius 2 is 2.00 bits per heavy atom. The molecule has 71 valence electrons. The highest BCUT2D eigenvalue weighted by Crippen LogP contribution is 2.24. The van der Waals surface area contributed by atoms with Crippen molar-refractivity contribution in [3.63, 3.8) is 0 Å². The predicted molar refractivity (Wildman–Crippen MR) is 59.6 cm³/mol. The molecule has 1 radical (unpaired) electrons. The number of fused-ring (bicyclic) bond motifs is 1. The maximum absolute atomic E-state index is 5.21. The average Bonchev–Trinajstić information content (AvgIpc) is 2.27. The van der Waals surface area contributed by atoms with Crippen LogP contribution < -0.4 is 4.74 Å². The summed E-state index contributed by atoms with van der Waals surface area (Å²) in [5, 5.41) is 2.50. The molecule has 2 aromatic rings. The highest BCUT2D eigenvalue weighted by Gasteiger charge is 2.00. The van der Waals surface area contributed by atoms with E-state index in [1.54, 1.807) is 7.11 Å². The topological polar surface area (TPSA) is 9.23 Å². The van der Waals surface area contributed by atoms with Crippen LogP contribution in [0.2, 0.25) is 0 Å². The van der Waals surface area contributed by atoms with Crippen molar-refractivity contribution in [1.82, 2.24) is 0 Å². The van der Waals surface area contributed by atoms with Crippen molar-refractivity contribution >= 4 is 10.8 Å². The van der Waals surface area contributed by atoms with Crippen molar-refractivity contribution in [2.75, 3.05) is 7.11 Å². The van der Waals surface area contributed by atoms with Crippen LogP contribution in [0.5, 0.6) is 5.75 Å². The number of benzene rings is 2. The molecule has 0 saturated carbocycles. The lowest BCUT2D eigenvalue weighted by atomic mass is 10.0. The number of ether oxygens (including phenoxy) is 1. The van der Waals surface area contributed by atoms with Crippen molar-refractivity contribution in [3.05, 3.63) is 48.4 Å². The zero-order chi connectivity index (χ0) is 9.97. The lowest BCUT2D eigenvalue weighted by Crippen LogP contribution is -1.85. The van der Waals surface area contributed by atoms with Gasteiger partial charge in [-0.25, -0.2) is 0 Å². The Morgan fingerprint density at radius 3 is 2.71 bits per heavy atom. The van der Waals surface area contributed by atoms with Crippen LogP contribution in [0, 0.1) is 6.42 Å². The van der Waals surface area contributed by atoms with Gasteiger partial charge in [-0.05, 0) is 34.9 Å². The monoisotopic (exact) mass is 185 g/mol. The number of methoxy groups -OCH3 is 1. The minimum atomic E-state index is 0.909. The molecule has 0 aliphatic heterocycles. The molecule has 0 amide bonds. The molecule has 0 fully saturated rings. The highest BCUT2D eigenvalue weighted by atomic mass is 16.5. The first kappa shape index (κ1) is 9.07. The van der Waals surface area contributed by atoms with E-state index >= 15 is 0 Å². The fourth-order valence-corrected chi connectivity index (χ4v) is 1.65. The predicted octanol–water partition coefficient (Wildman–Crippen LogP) is 3.42. The van der Waals surface area contributed by atoms with E-state index in [0.717, 1.165) is 5.75 Å². The molecule has 14 heavy (non-hydrogen) atoms. The molecule has 1 heteroatoms. The van der Waals surface area contributed by atoms with Gasteiger partial charge < -0.3 is 4.74 Å². The van der Waals surface area contributed by atoms with Crippen LogP contribution in [-0.4, -0.2) is 7.11 Å². The standard InChI is InChI=1S/C13H13O/c1-3-10-5-4-6-11-7-8-12(14-2)9-13(10)11/h3-9H,1-2H3. The molecular weight excluding hydrogens is 172 g/mol. The van der Waals surface area contributed by atoms with E-state index in [2.05, 4.69) is 36.8 Å². The molecule has 0 atom stereocenters. The van der Waals surface area contributed by atoms with Crippen LogP contribution in [0.3, 0.4) is 0 Å². The third kappa shape index (κ3) is 1.46. The van der Waals surface area contributed by atoms with Gasteiger partial charge in [0.2, 0.25) is 0 Å². The first-order chi connectivity index (χ1) is 6.85. The summed E-state index contributed by atoms with van der Waals surface area (Å²) in [5.41, 5.74) is 1.25. The zero-order valence-corrected chi connectivity index (χ0v) is 8.45. The Morgan fingerprint density at radius 1 is 1.14 bits per heavy atom. The second-order valence-electron chi connectivity index (χ2n) is 3.22. The van der Waals surface area contributed by atoms with Crippen LogP contribution in [0.25, 0.3) is 10.8 Å². The molecule has 1 nitrogen and oxygen atoms in total. The fraction of sp³-hybridized carbons (Fsp3) is 0.154. The number of rotatable bonds is 2. The van der Waals surface area contributed by atoms with Gasteiger partial charge in [-0.1, -0.05) is 31.2 Å². The summed E-state index contributed by atoms with van der Waals surface area (Å²) in [4.78, 5) is 0. The lowest BCUT2D eigenvalue weighted by molar-refractivity contribution is 0.415. The Balaban J connectivity index is 2.70. The summed E-state index contributed by atoms with van der Waals surface area (Å²) in [6.45, 7) is 2.05. The van der Waals surface area contributed by atoms with E-state index in [1.165, 1.54) is 16.3 Å². The molecular formula is C13H13O. The molecule has 2 rings (SSSR count). The van der Waals surface area contributed by atoms with Crippen molar-refractivity contribution in [3.8, 4) is 5.75 Å². The van der Waals surface area contributed by atoms with E-state index in [1.807, 2.05) is 13.0 Å². The molecule has 0 spiro atoms. The van der Waals surface area contributed by atoms with Gasteiger partial charge in [-0.15, -0.1) is 0 Å². The highest BCUT2D eigenvalue weighted by molar-refractivity contribution is 5.88. The summed E-state index contributed by atoms with van der Waals surface area (Å²) >= 11 is 0. The van der Waals surface area contributed by atoms with Crippen molar-refractivity contribution in [2.24, 2.45) is 0 Å². The quantitative estimate of drug-likeness (QED) is 0.696. The zero-order valence-electron chi connectivity index (χ0n) is 8.45. The maximum atomic E-state index is 5.21. The second-order valence-corrected chi connectivity index (χ2v) is 3.22. The first-order valence-electron chi connectivity index (χ1n) is 4.71. The number of hydrogen-bond acceptors (Lipinski definition) is 1. The van der Waals surface area contributed by atoms with Gasteiger partial charge in [0, 0.05) is 0 Å². The van der Waals surface area contributed by atoms with E-state index < -0.39 is 0 Å². The van der Waals surface area contributed by atoms with Crippen molar-refractivity contribution in [2.45, 2.75) is 6.92 Å². The molecule has 0 unspecified atom stereocenters. The second kappa shape index (κ2) is 3.70. The molecule has 0 bridgehead atoms. The summed E-state index contributed by atoms with van der Waals surface area (Å²) < 4.78 is 5.21. The minimum absolute atomic E-state index is 0.909. The van der Waals surface area contributed by atoms with Crippen LogP contribution >= 0.6 is 0 Å². The van der Waals surface area contributed by atoms with Crippen molar-refractivity contribution in [1.29, 1.82) is 0 Å². The van der Waals surface area contributed by atoms with Gasteiger partial charge in [0.15, 0.2) is 0 Å². The van der Waals surface area contributed by atoms with Gasteiger partial charge >= 0.3 is 0 Å². The first-order valence-corrected chi connectivity index (χ1v) is 4.71. The third-order valence-electron chi connectivity index (χ3n) is 2.43. The lowest BCUT2D eigenvalue weighted by Gasteiger charge is -2.06. The number of hydrogen-bond donors (Lipinski definition) is 0. The van der Waals surface area contributed by atoms with Gasteiger partial charge in [-0.3, -0.25) is 0 Å². The minimum Gasteiger partial charge on any atom is -0.497 e. The molecule has 0 heterocycles. The Bertz CT molecular complexity index is 446. The third-order valence-corrected chi connectivity index (χ3v) is 2.43. The summed E-state index contributed by atoms with van der Waals surface area (Å²) in [6.07, 6.45) is 2.11. The Labute approximate surface area is 84.3 Å². The summed E-state index contributed by atoms with van der Waals surface area (Å²) in [5.74, 6) is 0.909. The molecule has 2 aromatic carbocycles. The van der Waals surface area contributed by atoms with Crippen LogP contribution in [0.1, 0.15) is 12.5 Å². The van der Waals surface area contributed by atoms with Gasteiger partial charge in [0.25, 0.3) is 0 Å². The van der Waals surface area contributed by atoms with Gasteiger partial charge in [-0.2, -0.15) is 0 Å². The summed E-state index contributed by atoms with van der Waals surface area (Å²) in [7, 11) is 1.69. The SMILES string of the molecule is C[CH]c1cccc2ccc(OC)cc12. The van der Waals surface area contributed by atoms with Crippen LogP contribution in [0.4, 0.5) is 0 Å². The van der Waals surface area contributed by atoms with Crippen LogP contribution in [-0.2, 0) is 0 Å². The van der Waals surface area contributed by atoms with E-state index in [9.17, 15) is 0 Å². The largest absolute Gasteiger partial charge is 0.497 e. The van der Waals surface area contributed by atoms with E-state index in [4.69, 9.17) is 4.74 Å². The molecule has 0 aliphatic rings. The molecule has 0 saturated heterocycles. The van der Waals surface area contributed by atoms with Gasteiger partial charge in [0.05, 0.1) is 7.11 Å². The normalized spacial score (nSPS) is 10.4. The average molecular weight is 185 g/mol. The molecule has 0 aromatic heterocycles. The van der Waals surface area contributed by atoms with E-state index in [-0.39, 0.29) is 0 Å². The van der Waals surface area contributed by atoms with E-state index in [0.29, 0.717) is 0 Å². The summed E-state index contributed by atoms with van der Waals surface area (Å²) in [6, 6.07) is 12.4. The van der Waals surface area contributed by atoms with Crippen molar-refractivity contribution < 1.29 is 4.74 Å². The molecule has 0 aliphatic carbocycles. The smallest absolute Gasteiger partial charge is 0.119 e. The van der Waals surface area contributed by atoms with Crippen LogP contribution in [0.15, 0.2) is 36.4 Å². The molecule has 0 N–H and O–H groups in total.